The van der Waals surface area contributed by atoms with Crippen LogP contribution in [0.2, 0.25) is 0 Å². The molecule has 1 aliphatic heterocycles. The van der Waals surface area contributed by atoms with Gasteiger partial charge in [0.05, 0.1) is 0 Å². The van der Waals surface area contributed by atoms with Crippen molar-refractivity contribution in [1.29, 1.82) is 0 Å². The van der Waals surface area contributed by atoms with Gasteiger partial charge in [0.25, 0.3) is 0 Å². The lowest BCUT2D eigenvalue weighted by Crippen LogP contribution is -2.25. The van der Waals surface area contributed by atoms with E-state index < -0.39 is 0 Å². The monoisotopic (exact) mass is 246 g/mol. The number of hydrogen-bond donors (Lipinski definition) is 0. The summed E-state index contributed by atoms with van der Waals surface area (Å²) in [4.78, 5) is 15.6. The molecule has 98 valence electrons. The molecule has 0 aromatic heterocycles. The molecule has 18 heavy (non-hydrogen) atoms. The summed E-state index contributed by atoms with van der Waals surface area (Å²) < 4.78 is 0. The third-order valence-electron chi connectivity index (χ3n) is 3.50. The van der Waals surface area contributed by atoms with E-state index in [1.165, 1.54) is 11.1 Å². The van der Waals surface area contributed by atoms with Crippen LogP contribution in [0.3, 0.4) is 0 Å². The molecule has 0 fully saturated rings. The second-order valence-electron chi connectivity index (χ2n) is 5.29. The van der Waals surface area contributed by atoms with Crippen LogP contribution in [-0.4, -0.2) is 38.0 Å². The molecule has 0 aliphatic carbocycles. The average molecular weight is 246 g/mol. The molecule has 0 atom stereocenters. The second kappa shape index (κ2) is 5.53. The number of anilines is 1. The first-order chi connectivity index (χ1) is 8.58. The SMILES string of the molecule is CC(=O)N1CCc2ccc(CCCN(C)C)cc21. The van der Waals surface area contributed by atoms with Gasteiger partial charge >= 0.3 is 0 Å². The van der Waals surface area contributed by atoms with Crippen molar-refractivity contribution in [2.24, 2.45) is 0 Å². The summed E-state index contributed by atoms with van der Waals surface area (Å²) in [6.07, 6.45) is 3.23. The van der Waals surface area contributed by atoms with E-state index >= 15 is 0 Å². The van der Waals surface area contributed by atoms with Crippen LogP contribution < -0.4 is 4.90 Å². The van der Waals surface area contributed by atoms with Crippen molar-refractivity contribution in [3.8, 4) is 0 Å². The number of rotatable bonds is 4. The quantitative estimate of drug-likeness (QED) is 0.812. The summed E-state index contributed by atoms with van der Waals surface area (Å²) in [5.74, 6) is 0.152. The summed E-state index contributed by atoms with van der Waals surface area (Å²) >= 11 is 0. The number of amides is 1. The molecule has 1 amide bonds. The Bertz CT molecular complexity index is 440. The Morgan fingerprint density at radius 2 is 2.17 bits per heavy atom. The summed E-state index contributed by atoms with van der Waals surface area (Å²) in [6.45, 7) is 3.59. The highest BCUT2D eigenvalue weighted by Crippen LogP contribution is 2.29. The molecule has 1 heterocycles. The second-order valence-corrected chi connectivity index (χ2v) is 5.29. The summed E-state index contributed by atoms with van der Waals surface area (Å²) in [6, 6.07) is 6.58. The predicted molar refractivity (Wildman–Crippen MR) is 75.0 cm³/mol. The van der Waals surface area contributed by atoms with Crippen LogP contribution in [0.1, 0.15) is 24.5 Å². The third-order valence-corrected chi connectivity index (χ3v) is 3.50. The minimum absolute atomic E-state index is 0.152. The fourth-order valence-corrected chi connectivity index (χ4v) is 2.51. The fourth-order valence-electron chi connectivity index (χ4n) is 2.51. The van der Waals surface area contributed by atoms with Crippen LogP contribution in [0.25, 0.3) is 0 Å². The van der Waals surface area contributed by atoms with Crippen molar-refractivity contribution in [3.05, 3.63) is 29.3 Å². The van der Waals surface area contributed by atoms with Crippen molar-refractivity contribution >= 4 is 11.6 Å². The van der Waals surface area contributed by atoms with Gasteiger partial charge in [-0.25, -0.2) is 0 Å². The zero-order valence-electron chi connectivity index (χ0n) is 11.6. The predicted octanol–water partition coefficient (Wildman–Crippen LogP) is 2.09. The van der Waals surface area contributed by atoms with Crippen molar-refractivity contribution in [3.63, 3.8) is 0 Å². The smallest absolute Gasteiger partial charge is 0.223 e. The zero-order chi connectivity index (χ0) is 13.1. The largest absolute Gasteiger partial charge is 0.312 e. The maximum Gasteiger partial charge on any atom is 0.223 e. The zero-order valence-corrected chi connectivity index (χ0v) is 11.6. The van der Waals surface area contributed by atoms with Gasteiger partial charge in [0.1, 0.15) is 0 Å². The van der Waals surface area contributed by atoms with Crippen LogP contribution >= 0.6 is 0 Å². The lowest BCUT2D eigenvalue weighted by atomic mass is 10.1. The first kappa shape index (κ1) is 13.1. The summed E-state index contributed by atoms with van der Waals surface area (Å²) in [5.41, 5.74) is 3.77. The van der Waals surface area contributed by atoms with E-state index in [9.17, 15) is 4.79 Å². The van der Waals surface area contributed by atoms with Gasteiger partial charge in [-0.05, 0) is 57.1 Å². The van der Waals surface area contributed by atoms with E-state index in [2.05, 4.69) is 37.2 Å². The average Bonchev–Trinajstić information content (AvgIpc) is 2.71. The van der Waals surface area contributed by atoms with Gasteiger partial charge in [-0.2, -0.15) is 0 Å². The number of carbonyl (C=O) groups excluding carboxylic acids is 1. The minimum atomic E-state index is 0.152. The molecule has 0 bridgehead atoms. The van der Waals surface area contributed by atoms with E-state index in [0.717, 1.165) is 38.0 Å². The highest BCUT2D eigenvalue weighted by atomic mass is 16.2. The number of aryl methyl sites for hydroxylation is 1. The Morgan fingerprint density at radius 1 is 1.39 bits per heavy atom. The first-order valence-electron chi connectivity index (χ1n) is 6.62. The molecule has 0 saturated carbocycles. The van der Waals surface area contributed by atoms with Gasteiger partial charge in [-0.1, -0.05) is 12.1 Å². The maximum atomic E-state index is 11.5. The van der Waals surface area contributed by atoms with Gasteiger partial charge < -0.3 is 9.80 Å². The molecule has 2 rings (SSSR count). The van der Waals surface area contributed by atoms with E-state index in [0.29, 0.717) is 0 Å². The summed E-state index contributed by atoms with van der Waals surface area (Å²) in [7, 11) is 4.19. The van der Waals surface area contributed by atoms with Crippen molar-refractivity contribution in [2.45, 2.75) is 26.2 Å². The van der Waals surface area contributed by atoms with Crippen LogP contribution in [0.5, 0.6) is 0 Å². The van der Waals surface area contributed by atoms with Gasteiger partial charge in [0.15, 0.2) is 0 Å². The maximum absolute atomic E-state index is 11.5. The van der Waals surface area contributed by atoms with Crippen molar-refractivity contribution < 1.29 is 4.79 Å². The van der Waals surface area contributed by atoms with Crippen LogP contribution in [0.4, 0.5) is 5.69 Å². The Labute approximate surface area is 109 Å². The van der Waals surface area contributed by atoms with Crippen molar-refractivity contribution in [2.75, 3.05) is 32.1 Å². The van der Waals surface area contributed by atoms with Crippen LogP contribution in [0.15, 0.2) is 18.2 Å². The molecular weight excluding hydrogens is 224 g/mol. The van der Waals surface area contributed by atoms with Crippen LogP contribution in [-0.2, 0) is 17.6 Å². The Balaban J connectivity index is 2.07. The molecule has 0 saturated heterocycles. The minimum Gasteiger partial charge on any atom is -0.312 e. The molecule has 0 spiro atoms. The molecule has 1 aromatic rings. The van der Waals surface area contributed by atoms with Gasteiger partial charge in [0.2, 0.25) is 5.91 Å². The van der Waals surface area contributed by atoms with E-state index in [-0.39, 0.29) is 5.91 Å². The first-order valence-corrected chi connectivity index (χ1v) is 6.62. The summed E-state index contributed by atoms with van der Waals surface area (Å²) in [5, 5.41) is 0. The molecule has 0 unspecified atom stereocenters. The topological polar surface area (TPSA) is 23.6 Å². The number of hydrogen-bond acceptors (Lipinski definition) is 2. The lowest BCUT2D eigenvalue weighted by Gasteiger charge is -2.16. The van der Waals surface area contributed by atoms with Gasteiger partial charge in [-0.15, -0.1) is 0 Å². The molecular formula is C15H22N2O. The Morgan fingerprint density at radius 3 is 2.83 bits per heavy atom. The van der Waals surface area contributed by atoms with Gasteiger partial charge in [-0.3, -0.25) is 4.79 Å². The number of benzene rings is 1. The molecule has 3 nitrogen and oxygen atoms in total. The molecule has 1 aliphatic rings. The van der Waals surface area contributed by atoms with Gasteiger partial charge in [0, 0.05) is 19.2 Å². The number of fused-ring (bicyclic) bond motifs is 1. The Kier molecular flexibility index (Phi) is 4.02. The van der Waals surface area contributed by atoms with E-state index in [4.69, 9.17) is 0 Å². The molecule has 1 aromatic carbocycles. The number of nitrogens with zero attached hydrogens (tertiary/aromatic N) is 2. The number of carbonyl (C=O) groups is 1. The van der Waals surface area contributed by atoms with Crippen molar-refractivity contribution in [1.82, 2.24) is 4.90 Å². The Hall–Kier alpha value is -1.35. The molecule has 3 heteroatoms. The highest BCUT2D eigenvalue weighted by molar-refractivity contribution is 5.93. The fraction of sp³-hybridized carbons (Fsp3) is 0.533. The van der Waals surface area contributed by atoms with E-state index in [1.54, 1.807) is 6.92 Å². The van der Waals surface area contributed by atoms with E-state index in [1.807, 2.05) is 4.90 Å². The standard InChI is InChI=1S/C15H22N2O/c1-12(18)17-10-8-14-7-6-13(11-15(14)17)5-4-9-16(2)3/h6-7,11H,4-5,8-10H2,1-3H3. The highest BCUT2D eigenvalue weighted by Gasteiger charge is 2.21. The normalized spacial score (nSPS) is 14.1. The lowest BCUT2D eigenvalue weighted by molar-refractivity contribution is -0.116. The molecule has 0 N–H and O–H groups in total. The van der Waals surface area contributed by atoms with Crippen LogP contribution in [0, 0.1) is 0 Å². The third kappa shape index (κ3) is 2.91. The molecule has 0 radical (unpaired) electrons.